The fourth-order valence-corrected chi connectivity index (χ4v) is 1.38. The molecular weight excluding hydrogens is 223 g/mol. The molecule has 1 aromatic heterocycles. The Kier molecular flexibility index (Phi) is 4.35. The zero-order valence-electron chi connectivity index (χ0n) is 8.09. The third-order valence-electron chi connectivity index (χ3n) is 1.72. The molecule has 1 rings (SSSR count). The summed E-state index contributed by atoms with van der Waals surface area (Å²) < 4.78 is 0. The van der Waals surface area contributed by atoms with Gasteiger partial charge in [-0.15, -0.1) is 10.2 Å². The first-order chi connectivity index (χ1) is 6.63. The normalized spacial score (nSPS) is 12.6. The third-order valence-corrected chi connectivity index (χ3v) is 2.14. The maximum Gasteiger partial charge on any atom is 0.245 e. The largest absolute Gasteiger partial charge is 0.365 e. The van der Waals surface area contributed by atoms with Gasteiger partial charge >= 0.3 is 0 Å². The first kappa shape index (κ1) is 11.5. The molecule has 1 heterocycles. The Balaban J connectivity index is 2.70. The van der Waals surface area contributed by atoms with Crippen LogP contribution < -0.4 is 5.32 Å². The van der Waals surface area contributed by atoms with E-state index >= 15 is 0 Å². The molecule has 1 atom stereocenters. The molecule has 0 amide bonds. The predicted molar refractivity (Wildman–Crippen MR) is 57.8 cm³/mol. The van der Waals surface area contributed by atoms with Crippen LogP contribution in [0.2, 0.25) is 10.4 Å². The SMILES string of the molecule is CCCC(C)Nc1nc(Cl)nnc1Cl. The van der Waals surface area contributed by atoms with Crippen molar-refractivity contribution >= 4 is 29.0 Å². The smallest absolute Gasteiger partial charge is 0.245 e. The van der Waals surface area contributed by atoms with Crippen molar-refractivity contribution in [3.63, 3.8) is 0 Å². The maximum atomic E-state index is 5.78. The van der Waals surface area contributed by atoms with Crippen molar-refractivity contribution in [2.24, 2.45) is 0 Å². The molecule has 0 saturated carbocycles. The highest BCUT2D eigenvalue weighted by atomic mass is 35.5. The molecule has 0 fully saturated rings. The van der Waals surface area contributed by atoms with Gasteiger partial charge in [-0.1, -0.05) is 24.9 Å². The molecule has 1 aromatic rings. The van der Waals surface area contributed by atoms with Gasteiger partial charge in [-0.25, -0.2) is 0 Å². The van der Waals surface area contributed by atoms with Gasteiger partial charge in [0.15, 0.2) is 11.0 Å². The number of hydrogen-bond donors (Lipinski definition) is 1. The highest BCUT2D eigenvalue weighted by Gasteiger charge is 2.08. The first-order valence-corrected chi connectivity index (χ1v) is 5.21. The molecule has 6 heteroatoms. The second-order valence-electron chi connectivity index (χ2n) is 3.05. The second kappa shape index (κ2) is 5.32. The van der Waals surface area contributed by atoms with Crippen LogP contribution in [0.15, 0.2) is 0 Å². The summed E-state index contributed by atoms with van der Waals surface area (Å²) in [4.78, 5) is 3.94. The van der Waals surface area contributed by atoms with E-state index in [9.17, 15) is 0 Å². The quantitative estimate of drug-likeness (QED) is 0.871. The minimum Gasteiger partial charge on any atom is -0.365 e. The second-order valence-corrected chi connectivity index (χ2v) is 3.75. The van der Waals surface area contributed by atoms with Crippen LogP contribution in [0.4, 0.5) is 5.82 Å². The lowest BCUT2D eigenvalue weighted by molar-refractivity contribution is 0.686. The van der Waals surface area contributed by atoms with Crippen LogP contribution in [-0.2, 0) is 0 Å². The molecule has 14 heavy (non-hydrogen) atoms. The predicted octanol–water partition coefficient (Wildman–Crippen LogP) is 2.78. The van der Waals surface area contributed by atoms with Gasteiger partial charge in [-0.2, -0.15) is 4.98 Å². The van der Waals surface area contributed by atoms with Gasteiger partial charge in [-0.05, 0) is 24.9 Å². The van der Waals surface area contributed by atoms with E-state index in [-0.39, 0.29) is 10.4 Å². The topological polar surface area (TPSA) is 50.7 Å². The van der Waals surface area contributed by atoms with E-state index in [1.165, 1.54) is 0 Å². The third kappa shape index (κ3) is 3.27. The number of nitrogens with one attached hydrogen (secondary N) is 1. The van der Waals surface area contributed by atoms with E-state index in [0.29, 0.717) is 11.9 Å². The van der Waals surface area contributed by atoms with Crippen LogP contribution in [-0.4, -0.2) is 21.2 Å². The molecule has 0 radical (unpaired) electrons. The molecule has 0 saturated heterocycles. The minimum absolute atomic E-state index is 0.0978. The van der Waals surface area contributed by atoms with Gasteiger partial charge in [0.25, 0.3) is 0 Å². The molecule has 0 aliphatic rings. The first-order valence-electron chi connectivity index (χ1n) is 4.45. The molecule has 0 aliphatic heterocycles. The van der Waals surface area contributed by atoms with E-state index in [0.717, 1.165) is 12.8 Å². The molecule has 0 aliphatic carbocycles. The molecule has 0 spiro atoms. The Morgan fingerprint density at radius 2 is 2.07 bits per heavy atom. The van der Waals surface area contributed by atoms with Crippen LogP contribution in [0.1, 0.15) is 26.7 Å². The highest BCUT2D eigenvalue weighted by Crippen LogP contribution is 2.18. The number of halogens is 2. The Bertz CT molecular complexity index is 305. The molecular formula is C8H12Cl2N4. The van der Waals surface area contributed by atoms with Crippen LogP contribution >= 0.6 is 23.2 Å². The number of anilines is 1. The van der Waals surface area contributed by atoms with Crippen LogP contribution in [0.3, 0.4) is 0 Å². The minimum atomic E-state index is 0.0978. The van der Waals surface area contributed by atoms with Crippen molar-refractivity contribution in [3.05, 3.63) is 10.4 Å². The molecule has 4 nitrogen and oxygen atoms in total. The summed E-state index contributed by atoms with van der Waals surface area (Å²) in [5, 5.41) is 10.6. The number of nitrogens with zero attached hydrogens (tertiary/aromatic N) is 3. The van der Waals surface area contributed by atoms with Crippen molar-refractivity contribution in [2.45, 2.75) is 32.7 Å². The maximum absolute atomic E-state index is 5.78. The summed E-state index contributed by atoms with van der Waals surface area (Å²) in [5.74, 6) is 0.493. The van der Waals surface area contributed by atoms with Gasteiger partial charge in [0.2, 0.25) is 5.28 Å². The van der Waals surface area contributed by atoms with Crippen molar-refractivity contribution in [1.82, 2.24) is 15.2 Å². The summed E-state index contributed by atoms with van der Waals surface area (Å²) in [5.41, 5.74) is 0. The standard InChI is InChI=1S/C8H12Cl2N4/c1-3-4-5(2)11-7-6(9)13-14-8(10)12-7/h5H,3-4H2,1-2H3,(H,11,12,14). The summed E-state index contributed by atoms with van der Waals surface area (Å²) in [6.07, 6.45) is 2.13. The molecule has 0 aromatic carbocycles. The Morgan fingerprint density at radius 1 is 1.36 bits per heavy atom. The summed E-state index contributed by atoms with van der Waals surface area (Å²) >= 11 is 11.4. The summed E-state index contributed by atoms with van der Waals surface area (Å²) in [7, 11) is 0. The fourth-order valence-electron chi connectivity index (χ4n) is 1.12. The molecule has 78 valence electrons. The van der Waals surface area contributed by atoms with Gasteiger partial charge in [0.1, 0.15) is 0 Å². The zero-order chi connectivity index (χ0) is 10.6. The Morgan fingerprint density at radius 3 is 2.71 bits per heavy atom. The van der Waals surface area contributed by atoms with Crippen LogP contribution in [0.25, 0.3) is 0 Å². The van der Waals surface area contributed by atoms with E-state index in [1.54, 1.807) is 0 Å². The van der Waals surface area contributed by atoms with Gasteiger partial charge in [0, 0.05) is 6.04 Å². The van der Waals surface area contributed by atoms with Crippen molar-refractivity contribution < 1.29 is 0 Å². The van der Waals surface area contributed by atoms with E-state index < -0.39 is 0 Å². The van der Waals surface area contributed by atoms with Crippen molar-refractivity contribution in [2.75, 3.05) is 5.32 Å². The number of hydrogen-bond acceptors (Lipinski definition) is 4. The summed E-state index contributed by atoms with van der Waals surface area (Å²) in [6.45, 7) is 4.17. The highest BCUT2D eigenvalue weighted by molar-refractivity contribution is 6.32. The zero-order valence-corrected chi connectivity index (χ0v) is 9.60. The molecule has 1 N–H and O–H groups in total. The van der Waals surface area contributed by atoms with Crippen molar-refractivity contribution in [1.29, 1.82) is 0 Å². The number of rotatable bonds is 4. The van der Waals surface area contributed by atoms with Gasteiger partial charge in [0.05, 0.1) is 0 Å². The van der Waals surface area contributed by atoms with Crippen LogP contribution in [0, 0.1) is 0 Å². The average molecular weight is 235 g/mol. The summed E-state index contributed by atoms with van der Waals surface area (Å²) in [6, 6.07) is 0.297. The van der Waals surface area contributed by atoms with E-state index in [4.69, 9.17) is 23.2 Å². The Hall–Kier alpha value is -0.610. The number of aromatic nitrogens is 3. The van der Waals surface area contributed by atoms with Crippen molar-refractivity contribution in [3.8, 4) is 0 Å². The van der Waals surface area contributed by atoms with E-state index in [2.05, 4.69) is 34.3 Å². The Labute approximate surface area is 93.0 Å². The monoisotopic (exact) mass is 234 g/mol. The molecule has 0 bridgehead atoms. The lowest BCUT2D eigenvalue weighted by Gasteiger charge is -2.13. The fraction of sp³-hybridized carbons (Fsp3) is 0.625. The molecule has 1 unspecified atom stereocenters. The average Bonchev–Trinajstić information content (AvgIpc) is 2.12. The van der Waals surface area contributed by atoms with E-state index in [1.807, 2.05) is 0 Å². The van der Waals surface area contributed by atoms with Crippen LogP contribution in [0.5, 0.6) is 0 Å². The van der Waals surface area contributed by atoms with Gasteiger partial charge in [-0.3, -0.25) is 0 Å². The lowest BCUT2D eigenvalue weighted by atomic mass is 10.2. The van der Waals surface area contributed by atoms with Gasteiger partial charge < -0.3 is 5.32 Å². The lowest BCUT2D eigenvalue weighted by Crippen LogP contribution is -2.16.